The maximum Gasteiger partial charge on any atom is 0.263 e. The number of hydrogen-bond donors (Lipinski definition) is 1. The second-order valence-electron chi connectivity index (χ2n) is 6.57. The molecular formula is C17H24N2O3S. The number of methoxy groups -OCH3 is 1. The van der Waals surface area contributed by atoms with Gasteiger partial charge in [0.1, 0.15) is 0 Å². The van der Waals surface area contributed by atoms with Gasteiger partial charge in [0.05, 0.1) is 17.4 Å². The van der Waals surface area contributed by atoms with Crippen LogP contribution in [0.2, 0.25) is 0 Å². The van der Waals surface area contributed by atoms with Gasteiger partial charge in [-0.25, -0.2) is 0 Å². The monoisotopic (exact) mass is 336 g/mol. The molecule has 2 amide bonds. The molecule has 1 aliphatic heterocycles. The molecule has 0 bridgehead atoms. The van der Waals surface area contributed by atoms with Gasteiger partial charge >= 0.3 is 0 Å². The van der Waals surface area contributed by atoms with E-state index in [1.165, 1.54) is 11.3 Å². The highest BCUT2D eigenvalue weighted by molar-refractivity contribution is 7.12. The average molecular weight is 336 g/mol. The maximum atomic E-state index is 12.7. The van der Waals surface area contributed by atoms with E-state index >= 15 is 0 Å². The van der Waals surface area contributed by atoms with Crippen LogP contribution in [0.15, 0.2) is 17.5 Å². The van der Waals surface area contributed by atoms with E-state index in [0.29, 0.717) is 26.2 Å². The summed E-state index contributed by atoms with van der Waals surface area (Å²) in [5.41, 5.74) is -0.0237. The molecule has 3 rings (SSSR count). The van der Waals surface area contributed by atoms with Gasteiger partial charge in [0.2, 0.25) is 5.91 Å². The van der Waals surface area contributed by atoms with Gasteiger partial charge in [0.25, 0.3) is 5.91 Å². The number of nitrogens with zero attached hydrogens (tertiary/aromatic N) is 1. The van der Waals surface area contributed by atoms with E-state index in [-0.39, 0.29) is 23.1 Å². The van der Waals surface area contributed by atoms with Gasteiger partial charge in [-0.3, -0.25) is 9.59 Å². The molecule has 1 aromatic rings. The summed E-state index contributed by atoms with van der Waals surface area (Å²) in [6, 6.07) is 3.76. The molecule has 5 nitrogen and oxygen atoms in total. The number of carbonyl (C=O) groups is 2. The summed E-state index contributed by atoms with van der Waals surface area (Å²) in [7, 11) is 1.63. The van der Waals surface area contributed by atoms with Crippen molar-refractivity contribution in [2.24, 2.45) is 11.3 Å². The number of rotatable bonds is 5. The van der Waals surface area contributed by atoms with Gasteiger partial charge in [-0.2, -0.15) is 0 Å². The van der Waals surface area contributed by atoms with E-state index in [2.05, 4.69) is 5.32 Å². The number of nitrogens with one attached hydrogen (secondary N) is 1. The van der Waals surface area contributed by atoms with E-state index in [0.717, 1.165) is 30.6 Å². The fourth-order valence-electron chi connectivity index (χ4n) is 4.03. The second-order valence-corrected chi connectivity index (χ2v) is 7.52. The lowest BCUT2D eigenvalue weighted by Crippen LogP contribution is -2.41. The summed E-state index contributed by atoms with van der Waals surface area (Å²) < 4.78 is 5.00. The van der Waals surface area contributed by atoms with Crippen molar-refractivity contribution in [3.05, 3.63) is 22.4 Å². The molecule has 0 aromatic carbocycles. The minimum atomic E-state index is -0.0919. The SMILES string of the molecule is COCCNC(=O)C1CN(C(=O)c2cccs2)CC12CCCC2. The molecule has 1 saturated heterocycles. The molecule has 1 unspecified atom stereocenters. The summed E-state index contributed by atoms with van der Waals surface area (Å²) in [4.78, 5) is 27.9. The lowest BCUT2D eigenvalue weighted by Gasteiger charge is -2.28. The molecule has 2 aliphatic rings. The van der Waals surface area contributed by atoms with Gasteiger partial charge in [0, 0.05) is 32.2 Å². The largest absolute Gasteiger partial charge is 0.383 e. The molecule has 1 aromatic heterocycles. The van der Waals surface area contributed by atoms with Crippen LogP contribution in [0.3, 0.4) is 0 Å². The van der Waals surface area contributed by atoms with E-state index in [1.54, 1.807) is 7.11 Å². The van der Waals surface area contributed by atoms with Crippen LogP contribution in [-0.4, -0.2) is 50.1 Å². The fourth-order valence-corrected chi connectivity index (χ4v) is 4.72. The predicted octanol–water partition coefficient (Wildman–Crippen LogP) is 2.14. The van der Waals surface area contributed by atoms with Gasteiger partial charge in [-0.15, -0.1) is 11.3 Å². The number of hydrogen-bond acceptors (Lipinski definition) is 4. The first-order chi connectivity index (χ1) is 11.2. The minimum absolute atomic E-state index is 0.0237. The van der Waals surface area contributed by atoms with Crippen LogP contribution in [-0.2, 0) is 9.53 Å². The van der Waals surface area contributed by atoms with Crippen molar-refractivity contribution in [3.63, 3.8) is 0 Å². The van der Waals surface area contributed by atoms with E-state index in [4.69, 9.17) is 4.74 Å². The molecule has 0 radical (unpaired) electrons. The van der Waals surface area contributed by atoms with Crippen molar-refractivity contribution >= 4 is 23.2 Å². The summed E-state index contributed by atoms with van der Waals surface area (Å²) in [6.45, 7) is 2.30. The van der Waals surface area contributed by atoms with Crippen molar-refractivity contribution < 1.29 is 14.3 Å². The second kappa shape index (κ2) is 7.01. The van der Waals surface area contributed by atoms with Crippen molar-refractivity contribution in [3.8, 4) is 0 Å². The van der Waals surface area contributed by atoms with E-state index < -0.39 is 0 Å². The van der Waals surface area contributed by atoms with Crippen molar-refractivity contribution in [2.75, 3.05) is 33.4 Å². The molecule has 1 saturated carbocycles. The first kappa shape index (κ1) is 16.5. The Balaban J connectivity index is 1.72. The van der Waals surface area contributed by atoms with Gasteiger partial charge in [-0.05, 0) is 24.3 Å². The Morgan fingerprint density at radius 1 is 1.43 bits per heavy atom. The topological polar surface area (TPSA) is 58.6 Å². The van der Waals surface area contributed by atoms with Crippen LogP contribution in [0.4, 0.5) is 0 Å². The van der Waals surface area contributed by atoms with Crippen LogP contribution in [0.25, 0.3) is 0 Å². The lowest BCUT2D eigenvalue weighted by molar-refractivity contribution is -0.127. The molecule has 23 heavy (non-hydrogen) atoms. The Morgan fingerprint density at radius 2 is 2.22 bits per heavy atom. The zero-order chi connectivity index (χ0) is 16.3. The summed E-state index contributed by atoms with van der Waals surface area (Å²) in [5, 5.41) is 4.89. The molecule has 2 fully saturated rings. The highest BCUT2D eigenvalue weighted by Crippen LogP contribution is 2.49. The molecule has 6 heteroatoms. The number of carbonyl (C=O) groups excluding carboxylic acids is 2. The molecular weight excluding hydrogens is 312 g/mol. The van der Waals surface area contributed by atoms with Crippen LogP contribution in [0, 0.1) is 11.3 Å². The molecule has 1 spiro atoms. The Kier molecular flexibility index (Phi) is 5.02. The van der Waals surface area contributed by atoms with Crippen molar-refractivity contribution in [1.82, 2.24) is 10.2 Å². The van der Waals surface area contributed by atoms with Crippen LogP contribution >= 0.6 is 11.3 Å². The standard InChI is InChI=1S/C17H24N2O3S/c1-22-9-8-18-15(20)13-11-19(12-17(13)6-2-3-7-17)16(21)14-5-4-10-23-14/h4-5,10,13H,2-3,6-9,11-12H2,1H3,(H,18,20). The number of thiophene rings is 1. The molecule has 2 heterocycles. The zero-order valence-electron chi connectivity index (χ0n) is 13.5. The Morgan fingerprint density at radius 3 is 2.87 bits per heavy atom. The number of likely N-dealkylation sites (tertiary alicyclic amines) is 1. The van der Waals surface area contributed by atoms with Crippen LogP contribution < -0.4 is 5.32 Å². The van der Waals surface area contributed by atoms with Crippen LogP contribution in [0.5, 0.6) is 0 Å². The summed E-state index contributed by atoms with van der Waals surface area (Å²) in [6.07, 6.45) is 4.40. The minimum Gasteiger partial charge on any atom is -0.383 e. The highest BCUT2D eigenvalue weighted by Gasteiger charge is 2.52. The maximum absolute atomic E-state index is 12.7. The highest BCUT2D eigenvalue weighted by atomic mass is 32.1. The smallest absolute Gasteiger partial charge is 0.263 e. The third-order valence-corrected chi connectivity index (χ3v) is 6.05. The van der Waals surface area contributed by atoms with Gasteiger partial charge in [-0.1, -0.05) is 18.9 Å². The van der Waals surface area contributed by atoms with Gasteiger partial charge in [0.15, 0.2) is 0 Å². The predicted molar refractivity (Wildman–Crippen MR) is 89.5 cm³/mol. The van der Waals surface area contributed by atoms with Crippen molar-refractivity contribution in [1.29, 1.82) is 0 Å². The average Bonchev–Trinajstić information content (AvgIpc) is 3.28. The van der Waals surface area contributed by atoms with Crippen molar-refractivity contribution in [2.45, 2.75) is 25.7 Å². The number of ether oxygens (including phenoxy) is 1. The molecule has 1 aliphatic carbocycles. The summed E-state index contributed by atoms with van der Waals surface area (Å²) >= 11 is 1.47. The molecule has 1 N–H and O–H groups in total. The Labute approximate surface area is 141 Å². The Hall–Kier alpha value is -1.40. The fraction of sp³-hybridized carbons (Fsp3) is 0.647. The van der Waals surface area contributed by atoms with E-state index in [9.17, 15) is 9.59 Å². The normalized spacial score (nSPS) is 22.7. The van der Waals surface area contributed by atoms with Crippen LogP contribution in [0.1, 0.15) is 35.4 Å². The quantitative estimate of drug-likeness (QED) is 0.838. The number of amides is 2. The Bertz CT molecular complexity index is 552. The van der Waals surface area contributed by atoms with Gasteiger partial charge < -0.3 is 15.0 Å². The molecule has 1 atom stereocenters. The first-order valence-corrected chi connectivity index (χ1v) is 9.14. The van der Waals surface area contributed by atoms with E-state index in [1.807, 2.05) is 22.4 Å². The third kappa shape index (κ3) is 3.28. The molecule has 126 valence electrons. The first-order valence-electron chi connectivity index (χ1n) is 8.26. The zero-order valence-corrected chi connectivity index (χ0v) is 14.4. The lowest BCUT2D eigenvalue weighted by atomic mass is 9.76. The third-order valence-electron chi connectivity index (χ3n) is 5.19. The summed E-state index contributed by atoms with van der Waals surface area (Å²) in [5.74, 6) is 0.0506.